The lowest BCUT2D eigenvalue weighted by Gasteiger charge is -2.20. The van der Waals surface area contributed by atoms with Crippen molar-refractivity contribution in [2.75, 3.05) is 17.2 Å². The number of thiophene rings is 1. The first-order valence-electron chi connectivity index (χ1n) is 6.54. The van der Waals surface area contributed by atoms with Crippen LogP contribution >= 0.6 is 11.3 Å². The third-order valence-electron chi connectivity index (χ3n) is 2.55. The van der Waals surface area contributed by atoms with Crippen LogP contribution in [0.2, 0.25) is 0 Å². The van der Waals surface area contributed by atoms with Crippen LogP contribution in [0.15, 0.2) is 17.5 Å². The van der Waals surface area contributed by atoms with E-state index in [1.165, 1.54) is 4.88 Å². The SMILES string of the molecule is CCN(Cc1cccs1)c1nc(N)nc(OC(C)C)n1. The van der Waals surface area contributed by atoms with Gasteiger partial charge in [0.05, 0.1) is 12.6 Å². The highest BCUT2D eigenvalue weighted by Gasteiger charge is 2.13. The summed E-state index contributed by atoms with van der Waals surface area (Å²) in [4.78, 5) is 15.8. The van der Waals surface area contributed by atoms with Gasteiger partial charge in [0, 0.05) is 11.4 Å². The van der Waals surface area contributed by atoms with Gasteiger partial charge >= 0.3 is 6.01 Å². The van der Waals surface area contributed by atoms with Crippen LogP contribution in [0.25, 0.3) is 0 Å². The molecule has 0 aliphatic heterocycles. The molecule has 0 aromatic carbocycles. The third-order valence-corrected chi connectivity index (χ3v) is 3.41. The van der Waals surface area contributed by atoms with E-state index in [9.17, 15) is 0 Å². The van der Waals surface area contributed by atoms with E-state index in [-0.39, 0.29) is 18.1 Å². The highest BCUT2D eigenvalue weighted by molar-refractivity contribution is 7.09. The third kappa shape index (κ3) is 3.80. The predicted molar refractivity (Wildman–Crippen MR) is 81.0 cm³/mol. The van der Waals surface area contributed by atoms with E-state index in [1.54, 1.807) is 11.3 Å². The molecule has 2 aromatic rings. The number of rotatable bonds is 6. The van der Waals surface area contributed by atoms with Gasteiger partial charge in [-0.05, 0) is 32.2 Å². The standard InChI is InChI=1S/C13H19N5OS/c1-4-18(8-10-6-5-7-20-10)12-15-11(14)16-13(17-12)19-9(2)3/h5-7,9H,4,8H2,1-3H3,(H2,14,15,16,17). The van der Waals surface area contributed by atoms with Crippen LogP contribution in [0.4, 0.5) is 11.9 Å². The van der Waals surface area contributed by atoms with Gasteiger partial charge in [0.25, 0.3) is 0 Å². The molecule has 0 saturated heterocycles. The average Bonchev–Trinajstić information content (AvgIpc) is 2.87. The Balaban J connectivity index is 2.22. The minimum Gasteiger partial charge on any atom is -0.461 e. The number of anilines is 2. The van der Waals surface area contributed by atoms with Crippen LogP contribution in [0.1, 0.15) is 25.6 Å². The molecule has 0 bridgehead atoms. The van der Waals surface area contributed by atoms with Crippen LogP contribution in [0.5, 0.6) is 6.01 Å². The second-order valence-electron chi connectivity index (χ2n) is 4.54. The van der Waals surface area contributed by atoms with E-state index in [0.717, 1.165) is 13.1 Å². The molecule has 20 heavy (non-hydrogen) atoms. The molecule has 0 atom stereocenters. The summed E-state index contributed by atoms with van der Waals surface area (Å²) in [5.41, 5.74) is 5.73. The smallest absolute Gasteiger partial charge is 0.323 e. The minimum absolute atomic E-state index is 0.00276. The van der Waals surface area contributed by atoms with Gasteiger partial charge in [-0.2, -0.15) is 15.0 Å². The van der Waals surface area contributed by atoms with Crippen LogP contribution < -0.4 is 15.4 Å². The maximum atomic E-state index is 5.73. The number of aromatic nitrogens is 3. The molecular weight excluding hydrogens is 274 g/mol. The lowest BCUT2D eigenvalue weighted by Crippen LogP contribution is -2.25. The molecule has 0 fully saturated rings. The van der Waals surface area contributed by atoms with E-state index in [0.29, 0.717) is 5.95 Å². The Morgan fingerprint density at radius 3 is 2.75 bits per heavy atom. The average molecular weight is 293 g/mol. The Morgan fingerprint density at radius 2 is 2.15 bits per heavy atom. The molecule has 0 aliphatic rings. The zero-order valence-electron chi connectivity index (χ0n) is 11.9. The van der Waals surface area contributed by atoms with Gasteiger partial charge in [-0.25, -0.2) is 0 Å². The van der Waals surface area contributed by atoms with Crippen molar-refractivity contribution in [3.05, 3.63) is 22.4 Å². The summed E-state index contributed by atoms with van der Waals surface area (Å²) in [6, 6.07) is 4.39. The van der Waals surface area contributed by atoms with Crippen molar-refractivity contribution in [3.8, 4) is 6.01 Å². The number of ether oxygens (including phenoxy) is 1. The van der Waals surface area contributed by atoms with Gasteiger partial charge in [-0.1, -0.05) is 6.07 Å². The van der Waals surface area contributed by atoms with Gasteiger partial charge in [-0.3, -0.25) is 0 Å². The van der Waals surface area contributed by atoms with Gasteiger partial charge in [0.1, 0.15) is 0 Å². The van der Waals surface area contributed by atoms with E-state index in [4.69, 9.17) is 10.5 Å². The summed E-state index contributed by atoms with van der Waals surface area (Å²) < 4.78 is 5.50. The number of nitrogen functional groups attached to an aromatic ring is 1. The van der Waals surface area contributed by atoms with Gasteiger partial charge < -0.3 is 15.4 Å². The fraction of sp³-hybridized carbons (Fsp3) is 0.462. The topological polar surface area (TPSA) is 77.2 Å². The van der Waals surface area contributed by atoms with Crippen molar-refractivity contribution in [1.82, 2.24) is 15.0 Å². The molecule has 2 aromatic heterocycles. The summed E-state index contributed by atoms with van der Waals surface area (Å²) in [7, 11) is 0. The van der Waals surface area contributed by atoms with Gasteiger partial charge in [0.15, 0.2) is 0 Å². The molecule has 0 spiro atoms. The summed E-state index contributed by atoms with van der Waals surface area (Å²) in [5, 5.41) is 2.05. The minimum atomic E-state index is -0.00276. The van der Waals surface area contributed by atoms with Gasteiger partial charge in [0.2, 0.25) is 11.9 Å². The molecule has 0 saturated carbocycles. The Kier molecular flexibility index (Phi) is 4.73. The van der Waals surface area contributed by atoms with Crippen LogP contribution in [0.3, 0.4) is 0 Å². The Labute approximate surface area is 122 Å². The van der Waals surface area contributed by atoms with Crippen molar-refractivity contribution in [1.29, 1.82) is 0 Å². The molecule has 2 heterocycles. The van der Waals surface area contributed by atoms with E-state index >= 15 is 0 Å². The normalized spacial score (nSPS) is 10.8. The number of hydrogen-bond acceptors (Lipinski definition) is 7. The quantitative estimate of drug-likeness (QED) is 0.880. The second-order valence-corrected chi connectivity index (χ2v) is 5.57. The maximum absolute atomic E-state index is 5.73. The van der Waals surface area contributed by atoms with Gasteiger partial charge in [-0.15, -0.1) is 11.3 Å². The molecule has 7 heteroatoms. The fourth-order valence-electron chi connectivity index (χ4n) is 1.68. The van der Waals surface area contributed by atoms with Crippen LogP contribution in [0, 0.1) is 0 Å². The maximum Gasteiger partial charge on any atom is 0.323 e. The van der Waals surface area contributed by atoms with Crippen molar-refractivity contribution < 1.29 is 4.74 Å². The van der Waals surface area contributed by atoms with Crippen LogP contribution in [-0.4, -0.2) is 27.6 Å². The van der Waals surface area contributed by atoms with Crippen molar-refractivity contribution in [3.63, 3.8) is 0 Å². The predicted octanol–water partition coefficient (Wildman–Crippen LogP) is 2.33. The molecule has 0 aliphatic carbocycles. The first-order chi connectivity index (χ1) is 9.58. The lowest BCUT2D eigenvalue weighted by molar-refractivity contribution is 0.222. The highest BCUT2D eigenvalue weighted by atomic mass is 32.1. The molecule has 6 nitrogen and oxygen atoms in total. The molecular formula is C13H19N5OS. The number of hydrogen-bond donors (Lipinski definition) is 1. The lowest BCUT2D eigenvalue weighted by atomic mass is 10.4. The highest BCUT2D eigenvalue weighted by Crippen LogP contribution is 2.18. The van der Waals surface area contributed by atoms with E-state index < -0.39 is 0 Å². The molecule has 0 radical (unpaired) electrons. The molecule has 0 amide bonds. The van der Waals surface area contributed by atoms with Crippen molar-refractivity contribution in [2.24, 2.45) is 0 Å². The summed E-state index contributed by atoms with van der Waals surface area (Å²) >= 11 is 1.70. The van der Waals surface area contributed by atoms with Crippen molar-refractivity contribution in [2.45, 2.75) is 33.4 Å². The molecule has 108 valence electrons. The van der Waals surface area contributed by atoms with Crippen molar-refractivity contribution >= 4 is 23.2 Å². The Hall–Kier alpha value is -1.89. The number of nitrogens with zero attached hydrogens (tertiary/aromatic N) is 4. The largest absolute Gasteiger partial charge is 0.461 e. The summed E-state index contributed by atoms with van der Waals surface area (Å²) in [6.07, 6.45) is -0.00276. The molecule has 2 N–H and O–H groups in total. The summed E-state index contributed by atoms with van der Waals surface area (Å²) in [6.45, 7) is 7.42. The monoisotopic (exact) mass is 293 g/mol. The van der Waals surface area contributed by atoms with E-state index in [2.05, 4.69) is 33.3 Å². The first kappa shape index (κ1) is 14.5. The zero-order valence-corrected chi connectivity index (χ0v) is 12.7. The zero-order chi connectivity index (χ0) is 14.5. The second kappa shape index (κ2) is 6.51. The molecule has 0 unspecified atom stereocenters. The summed E-state index contributed by atoms with van der Waals surface area (Å²) in [5.74, 6) is 0.722. The Bertz CT molecular complexity index is 544. The van der Waals surface area contributed by atoms with E-state index in [1.807, 2.05) is 24.8 Å². The fourth-order valence-corrected chi connectivity index (χ4v) is 2.40. The number of nitrogens with two attached hydrogens (primary N) is 1. The molecule has 2 rings (SSSR count). The van der Waals surface area contributed by atoms with Crippen LogP contribution in [-0.2, 0) is 6.54 Å². The Morgan fingerprint density at radius 1 is 1.35 bits per heavy atom. The first-order valence-corrected chi connectivity index (χ1v) is 7.42.